The van der Waals surface area contributed by atoms with Crippen molar-refractivity contribution in [3.63, 3.8) is 0 Å². The Bertz CT molecular complexity index is 868. The Labute approximate surface area is 249 Å². The van der Waals surface area contributed by atoms with Crippen molar-refractivity contribution in [1.29, 1.82) is 0 Å². The van der Waals surface area contributed by atoms with Crippen molar-refractivity contribution >= 4 is 16.6 Å². The predicted molar refractivity (Wildman–Crippen MR) is 173 cm³/mol. The van der Waals surface area contributed by atoms with E-state index in [-0.39, 0.29) is 28.2 Å². The number of ether oxygens (including phenoxy) is 3. The fourth-order valence-electron chi connectivity index (χ4n) is 4.39. The molecule has 232 valence electrons. The lowest BCUT2D eigenvalue weighted by Crippen LogP contribution is -2.47. The minimum atomic E-state index is -1.98. The van der Waals surface area contributed by atoms with Crippen LogP contribution in [-0.4, -0.2) is 55.3 Å². The normalized spacial score (nSPS) is 19.7. The molecule has 40 heavy (non-hydrogen) atoms. The zero-order valence-electron chi connectivity index (χ0n) is 28.2. The quantitative estimate of drug-likeness (QED) is 0.133. The Balaban J connectivity index is 2.18. The van der Waals surface area contributed by atoms with Crippen LogP contribution in [0.25, 0.3) is 0 Å². The van der Waals surface area contributed by atoms with Crippen molar-refractivity contribution in [1.82, 2.24) is 0 Å². The van der Waals surface area contributed by atoms with E-state index < -0.39 is 16.6 Å². The molecule has 0 aromatic heterocycles. The molecule has 1 heterocycles. The summed E-state index contributed by atoms with van der Waals surface area (Å²) in [6.45, 7) is 30.3. The Kier molecular flexibility index (Phi) is 13.0. The van der Waals surface area contributed by atoms with Crippen molar-refractivity contribution in [2.75, 3.05) is 20.3 Å². The Morgan fingerprint density at radius 3 is 1.95 bits per heavy atom. The third-order valence-corrected chi connectivity index (χ3v) is 18.9. The van der Waals surface area contributed by atoms with Crippen LogP contribution in [-0.2, 0) is 24.9 Å². The number of hydrogen-bond donors (Lipinski definition) is 0. The van der Waals surface area contributed by atoms with Crippen LogP contribution in [0.1, 0.15) is 86.6 Å². The first-order valence-electron chi connectivity index (χ1n) is 15.6. The van der Waals surface area contributed by atoms with Gasteiger partial charge < -0.3 is 23.1 Å². The molecule has 7 heteroatoms. The van der Waals surface area contributed by atoms with E-state index in [2.05, 4.69) is 93.7 Å². The molecular formula is C33H62O5Si2. The van der Waals surface area contributed by atoms with Crippen molar-refractivity contribution in [3.05, 3.63) is 29.8 Å². The lowest BCUT2D eigenvalue weighted by atomic mass is 9.89. The average Bonchev–Trinajstić information content (AvgIpc) is 3.68. The van der Waals surface area contributed by atoms with Crippen LogP contribution < -0.4 is 4.74 Å². The molecule has 0 N–H and O–H groups in total. The highest BCUT2D eigenvalue weighted by atomic mass is 28.4. The van der Waals surface area contributed by atoms with E-state index in [1.165, 1.54) is 0 Å². The van der Waals surface area contributed by atoms with E-state index in [0.29, 0.717) is 18.6 Å². The second kappa shape index (κ2) is 14.7. The van der Waals surface area contributed by atoms with E-state index in [1.54, 1.807) is 7.11 Å². The molecule has 1 unspecified atom stereocenters. The monoisotopic (exact) mass is 594 g/mol. The maximum absolute atomic E-state index is 7.19. The van der Waals surface area contributed by atoms with Gasteiger partial charge in [-0.15, -0.1) is 0 Å². The summed E-state index contributed by atoms with van der Waals surface area (Å²) in [5.74, 6) is 1.67. The van der Waals surface area contributed by atoms with E-state index in [1.807, 2.05) is 12.1 Å². The summed E-state index contributed by atoms with van der Waals surface area (Å²) in [5, 5.41) is 0.382. The molecule has 1 fully saturated rings. The highest BCUT2D eigenvalue weighted by Crippen LogP contribution is 2.41. The zero-order chi connectivity index (χ0) is 30.4. The molecule has 1 aliphatic heterocycles. The summed E-state index contributed by atoms with van der Waals surface area (Å²) in [6.07, 6.45) is 4.71. The number of epoxide rings is 1. The Hall–Kier alpha value is -0.706. The summed E-state index contributed by atoms with van der Waals surface area (Å²) >= 11 is 0. The summed E-state index contributed by atoms with van der Waals surface area (Å²) in [5.41, 5.74) is 1.16. The van der Waals surface area contributed by atoms with E-state index in [4.69, 9.17) is 23.1 Å². The van der Waals surface area contributed by atoms with Gasteiger partial charge in [-0.1, -0.05) is 73.9 Å². The fraction of sp³-hybridized carbons (Fsp3) is 0.818. The van der Waals surface area contributed by atoms with Crippen LogP contribution in [0.15, 0.2) is 24.3 Å². The lowest BCUT2D eigenvalue weighted by molar-refractivity contribution is -0.0448. The number of benzene rings is 1. The first-order chi connectivity index (χ1) is 18.4. The van der Waals surface area contributed by atoms with Gasteiger partial charge in [0.15, 0.2) is 16.6 Å². The molecule has 0 bridgehead atoms. The van der Waals surface area contributed by atoms with Gasteiger partial charge in [0.1, 0.15) is 5.75 Å². The van der Waals surface area contributed by atoms with Crippen LogP contribution >= 0.6 is 0 Å². The second-order valence-corrected chi connectivity index (χ2v) is 24.7. The van der Waals surface area contributed by atoms with E-state index in [0.717, 1.165) is 50.2 Å². The standard InChI is InChI=1S/C33H62O5Si2/c1-14-26(23-37-39(10,11)32(3,4)5)17-20-30(38-40(12,13)33(6,7)8)25(2)31(21-29-24-35-29)36-22-27-15-18-28(34-9)19-16-27/h15-16,18-19,25-26,29-31H,14,17,20-24H2,1-13H3/t25-,26+,29?,30+,31+/m1/s1. The highest BCUT2D eigenvalue weighted by Gasteiger charge is 2.42. The summed E-state index contributed by atoms with van der Waals surface area (Å²) in [6, 6.07) is 8.18. The number of methoxy groups -OCH3 is 1. The van der Waals surface area contributed by atoms with Gasteiger partial charge in [-0.2, -0.15) is 0 Å². The summed E-state index contributed by atoms with van der Waals surface area (Å²) < 4.78 is 31.5. The zero-order valence-corrected chi connectivity index (χ0v) is 30.2. The van der Waals surface area contributed by atoms with Crippen LogP contribution in [0, 0.1) is 11.8 Å². The molecule has 0 amide bonds. The minimum absolute atomic E-state index is 0.0768. The molecule has 0 aliphatic carbocycles. The smallest absolute Gasteiger partial charge is 0.192 e. The molecule has 1 aromatic carbocycles. The van der Waals surface area contributed by atoms with Gasteiger partial charge in [-0.3, -0.25) is 0 Å². The van der Waals surface area contributed by atoms with E-state index >= 15 is 0 Å². The SMILES string of the molecule is CC[C@@H](CC[C@H](O[Si](C)(C)C(C)(C)C)[C@@H](C)[C@H](CC1CO1)OCc1ccc(OC)cc1)CO[Si](C)(C)C(C)(C)C. The molecule has 2 rings (SSSR count). The third kappa shape index (κ3) is 10.8. The van der Waals surface area contributed by atoms with Crippen molar-refractivity contribution in [2.45, 2.75) is 142 Å². The topological polar surface area (TPSA) is 49.5 Å². The molecular weight excluding hydrogens is 533 g/mol. The Morgan fingerprint density at radius 2 is 1.48 bits per heavy atom. The van der Waals surface area contributed by atoms with Gasteiger partial charge in [0.25, 0.3) is 0 Å². The first-order valence-corrected chi connectivity index (χ1v) is 21.4. The van der Waals surface area contributed by atoms with Gasteiger partial charge in [-0.25, -0.2) is 0 Å². The third-order valence-electron chi connectivity index (χ3n) is 9.87. The van der Waals surface area contributed by atoms with Gasteiger partial charge in [0.05, 0.1) is 38.6 Å². The first kappa shape index (κ1) is 35.5. The van der Waals surface area contributed by atoms with Crippen LogP contribution in [0.4, 0.5) is 0 Å². The summed E-state index contributed by atoms with van der Waals surface area (Å²) in [4.78, 5) is 0. The lowest BCUT2D eigenvalue weighted by Gasteiger charge is -2.43. The predicted octanol–water partition coefficient (Wildman–Crippen LogP) is 9.22. The van der Waals surface area contributed by atoms with Gasteiger partial charge in [0, 0.05) is 18.9 Å². The number of rotatable bonds is 17. The molecule has 1 aromatic rings. The molecule has 5 nitrogen and oxygen atoms in total. The fourth-order valence-corrected chi connectivity index (χ4v) is 6.92. The molecule has 5 atom stereocenters. The van der Waals surface area contributed by atoms with Gasteiger partial charge >= 0.3 is 0 Å². The molecule has 0 radical (unpaired) electrons. The highest BCUT2D eigenvalue weighted by molar-refractivity contribution is 6.74. The van der Waals surface area contributed by atoms with Gasteiger partial charge in [0.2, 0.25) is 0 Å². The minimum Gasteiger partial charge on any atom is -0.497 e. The van der Waals surface area contributed by atoms with Crippen molar-refractivity contribution in [3.8, 4) is 5.75 Å². The van der Waals surface area contributed by atoms with Crippen LogP contribution in [0.3, 0.4) is 0 Å². The van der Waals surface area contributed by atoms with Crippen molar-refractivity contribution < 1.29 is 23.1 Å². The van der Waals surface area contributed by atoms with E-state index in [9.17, 15) is 0 Å². The molecule has 0 saturated carbocycles. The molecule has 1 saturated heterocycles. The van der Waals surface area contributed by atoms with Crippen molar-refractivity contribution in [2.24, 2.45) is 11.8 Å². The summed E-state index contributed by atoms with van der Waals surface area (Å²) in [7, 11) is -2.05. The average molecular weight is 595 g/mol. The molecule has 1 aliphatic rings. The Morgan fingerprint density at radius 1 is 0.900 bits per heavy atom. The van der Waals surface area contributed by atoms with Crippen LogP contribution in [0.2, 0.25) is 36.3 Å². The number of hydrogen-bond acceptors (Lipinski definition) is 5. The maximum atomic E-state index is 7.19. The second-order valence-electron chi connectivity index (χ2n) is 15.1. The molecule has 0 spiro atoms. The van der Waals surface area contributed by atoms with Gasteiger partial charge in [-0.05, 0) is 72.7 Å². The largest absolute Gasteiger partial charge is 0.497 e. The maximum Gasteiger partial charge on any atom is 0.192 e. The van der Waals surface area contributed by atoms with Crippen LogP contribution in [0.5, 0.6) is 5.75 Å².